The van der Waals surface area contributed by atoms with Crippen LogP contribution in [-0.2, 0) is 32.6 Å². The second kappa shape index (κ2) is 9.65. The van der Waals surface area contributed by atoms with Gasteiger partial charge in [-0.05, 0) is 36.1 Å². The van der Waals surface area contributed by atoms with E-state index in [0.29, 0.717) is 13.2 Å². The summed E-state index contributed by atoms with van der Waals surface area (Å²) in [4.78, 5) is 11.2. The fraction of sp³-hybridized carbons (Fsp3) is 0.524. The SMILES string of the molecule is CCc1cnc(N2CCC(Oc3ccc(C[C@H]4CO[S@@](=O)OC4)cc3)CC2)nc1. The first-order chi connectivity index (χ1) is 14.2. The first kappa shape index (κ1) is 20.3. The van der Waals surface area contributed by atoms with Crippen molar-refractivity contribution in [1.29, 1.82) is 0 Å². The molecule has 0 aliphatic carbocycles. The molecule has 0 spiro atoms. The van der Waals surface area contributed by atoms with Crippen molar-refractivity contribution in [3.8, 4) is 5.75 Å². The van der Waals surface area contributed by atoms with Crippen molar-refractivity contribution in [3.63, 3.8) is 0 Å². The average Bonchev–Trinajstić information content (AvgIpc) is 2.77. The van der Waals surface area contributed by atoms with Gasteiger partial charge in [-0.2, -0.15) is 4.21 Å². The van der Waals surface area contributed by atoms with E-state index in [-0.39, 0.29) is 12.0 Å². The number of piperidine rings is 1. The minimum absolute atomic E-state index is 0.210. The second-order valence-electron chi connectivity index (χ2n) is 7.54. The molecule has 0 bridgehead atoms. The predicted molar refractivity (Wildman–Crippen MR) is 111 cm³/mol. The maximum absolute atomic E-state index is 11.1. The quantitative estimate of drug-likeness (QED) is 0.715. The fourth-order valence-electron chi connectivity index (χ4n) is 3.60. The van der Waals surface area contributed by atoms with E-state index in [9.17, 15) is 4.21 Å². The lowest BCUT2D eigenvalue weighted by Gasteiger charge is -2.32. The molecule has 2 saturated heterocycles. The number of rotatable bonds is 6. The Morgan fingerprint density at radius 3 is 2.34 bits per heavy atom. The normalized spacial score (nSPS) is 23.1. The summed E-state index contributed by atoms with van der Waals surface area (Å²) in [5, 5.41) is 0. The average molecular weight is 418 g/mol. The molecule has 4 rings (SSSR count). The molecule has 29 heavy (non-hydrogen) atoms. The molecule has 2 aliphatic heterocycles. The van der Waals surface area contributed by atoms with E-state index >= 15 is 0 Å². The van der Waals surface area contributed by atoms with Gasteiger partial charge in [-0.1, -0.05) is 19.1 Å². The van der Waals surface area contributed by atoms with Crippen LogP contribution in [0.4, 0.5) is 5.95 Å². The second-order valence-corrected chi connectivity index (χ2v) is 8.42. The van der Waals surface area contributed by atoms with Crippen molar-refractivity contribution in [2.45, 2.75) is 38.7 Å². The van der Waals surface area contributed by atoms with Gasteiger partial charge in [-0.15, -0.1) is 0 Å². The van der Waals surface area contributed by atoms with E-state index < -0.39 is 11.4 Å². The number of benzene rings is 1. The van der Waals surface area contributed by atoms with Gasteiger partial charge in [0.15, 0.2) is 0 Å². The minimum Gasteiger partial charge on any atom is -0.490 e. The summed E-state index contributed by atoms with van der Waals surface area (Å²) in [7, 11) is 0. The van der Waals surface area contributed by atoms with Crippen LogP contribution in [0, 0.1) is 5.92 Å². The summed E-state index contributed by atoms with van der Waals surface area (Å²) in [6, 6.07) is 8.21. The van der Waals surface area contributed by atoms with E-state index in [0.717, 1.165) is 56.0 Å². The highest BCUT2D eigenvalue weighted by Gasteiger charge is 2.23. The van der Waals surface area contributed by atoms with Crippen LogP contribution in [0.25, 0.3) is 0 Å². The molecule has 0 N–H and O–H groups in total. The first-order valence-electron chi connectivity index (χ1n) is 10.2. The summed E-state index contributed by atoms with van der Waals surface area (Å²) >= 11 is -1.57. The monoisotopic (exact) mass is 417 g/mol. The molecular weight excluding hydrogens is 390 g/mol. The molecule has 1 aromatic carbocycles. The van der Waals surface area contributed by atoms with Crippen molar-refractivity contribution < 1.29 is 17.3 Å². The largest absolute Gasteiger partial charge is 0.490 e. The number of aromatic nitrogens is 2. The molecule has 156 valence electrons. The van der Waals surface area contributed by atoms with Gasteiger partial charge in [0.05, 0.1) is 13.2 Å². The van der Waals surface area contributed by atoms with Crippen LogP contribution in [0.5, 0.6) is 5.75 Å². The topological polar surface area (TPSA) is 73.8 Å². The van der Waals surface area contributed by atoms with E-state index in [1.807, 2.05) is 24.5 Å². The number of nitrogens with zero attached hydrogens (tertiary/aromatic N) is 3. The molecule has 1 aromatic heterocycles. The van der Waals surface area contributed by atoms with Crippen molar-refractivity contribution in [1.82, 2.24) is 9.97 Å². The van der Waals surface area contributed by atoms with Gasteiger partial charge in [0.25, 0.3) is 0 Å². The molecule has 0 saturated carbocycles. The Morgan fingerprint density at radius 2 is 1.72 bits per heavy atom. The Kier molecular flexibility index (Phi) is 6.74. The van der Waals surface area contributed by atoms with Gasteiger partial charge in [-0.3, -0.25) is 8.37 Å². The molecule has 2 fully saturated rings. The van der Waals surface area contributed by atoms with Crippen LogP contribution in [0.1, 0.15) is 30.9 Å². The highest BCUT2D eigenvalue weighted by Crippen LogP contribution is 2.23. The number of anilines is 1. The van der Waals surface area contributed by atoms with Gasteiger partial charge < -0.3 is 9.64 Å². The third kappa shape index (κ3) is 5.52. The highest BCUT2D eigenvalue weighted by atomic mass is 32.2. The summed E-state index contributed by atoms with van der Waals surface area (Å²) in [5.74, 6) is 1.94. The number of hydrogen-bond donors (Lipinski definition) is 0. The predicted octanol–water partition coefficient (Wildman–Crippen LogP) is 2.87. The highest BCUT2D eigenvalue weighted by molar-refractivity contribution is 7.75. The van der Waals surface area contributed by atoms with Crippen LogP contribution >= 0.6 is 0 Å². The third-order valence-corrected chi connectivity index (χ3v) is 6.03. The lowest BCUT2D eigenvalue weighted by Crippen LogP contribution is -2.39. The number of ether oxygens (including phenoxy) is 1. The molecule has 0 amide bonds. The van der Waals surface area contributed by atoms with E-state index in [4.69, 9.17) is 13.1 Å². The van der Waals surface area contributed by atoms with Gasteiger partial charge in [0.1, 0.15) is 11.9 Å². The van der Waals surface area contributed by atoms with Crippen LogP contribution in [0.15, 0.2) is 36.7 Å². The van der Waals surface area contributed by atoms with Crippen LogP contribution in [0.3, 0.4) is 0 Å². The summed E-state index contributed by atoms with van der Waals surface area (Å²) in [6.07, 6.45) is 7.74. The van der Waals surface area contributed by atoms with E-state index in [1.54, 1.807) is 0 Å². The molecule has 3 heterocycles. The zero-order valence-electron chi connectivity index (χ0n) is 16.7. The van der Waals surface area contributed by atoms with Crippen LogP contribution in [0.2, 0.25) is 0 Å². The van der Waals surface area contributed by atoms with E-state index in [1.165, 1.54) is 5.56 Å². The van der Waals surface area contributed by atoms with Gasteiger partial charge in [-0.25, -0.2) is 9.97 Å². The maximum Gasteiger partial charge on any atom is 0.304 e. The van der Waals surface area contributed by atoms with Crippen LogP contribution < -0.4 is 9.64 Å². The standard InChI is InChI=1S/C21H27N3O4S/c1-2-16-12-22-21(23-13-16)24-9-7-20(8-10-24)28-19-5-3-17(4-6-19)11-18-14-26-29(25)27-15-18/h3-6,12-13,18,20H,2,7-11,14-15H2,1H3/t18-,29+. The molecule has 7 nitrogen and oxygen atoms in total. The Labute approximate surface area is 174 Å². The van der Waals surface area contributed by atoms with Crippen LogP contribution in [-0.4, -0.2) is 46.6 Å². The summed E-state index contributed by atoms with van der Waals surface area (Å²) in [5.41, 5.74) is 2.36. The fourth-order valence-corrected chi connectivity index (χ4v) is 4.28. The Morgan fingerprint density at radius 1 is 1.07 bits per heavy atom. The Bertz CT molecular complexity index is 798. The molecular formula is C21H27N3O4S. The molecule has 0 unspecified atom stereocenters. The smallest absolute Gasteiger partial charge is 0.304 e. The summed E-state index contributed by atoms with van der Waals surface area (Å²) < 4.78 is 27.3. The maximum atomic E-state index is 11.1. The number of aryl methyl sites for hydroxylation is 1. The molecule has 2 aromatic rings. The van der Waals surface area contributed by atoms with Gasteiger partial charge >= 0.3 is 11.4 Å². The minimum atomic E-state index is -1.57. The van der Waals surface area contributed by atoms with E-state index in [2.05, 4.69) is 33.9 Å². The third-order valence-electron chi connectivity index (χ3n) is 5.38. The molecule has 0 radical (unpaired) electrons. The lowest BCUT2D eigenvalue weighted by molar-refractivity contribution is 0.124. The van der Waals surface area contributed by atoms with Crippen molar-refractivity contribution >= 4 is 17.3 Å². The summed E-state index contributed by atoms with van der Waals surface area (Å²) in [6.45, 7) is 4.84. The lowest BCUT2D eigenvalue weighted by atomic mass is 10.0. The van der Waals surface area contributed by atoms with Gasteiger partial charge in [0, 0.05) is 44.2 Å². The molecule has 8 heteroatoms. The number of hydrogen-bond acceptors (Lipinski definition) is 7. The Hall–Kier alpha value is -2.03. The zero-order valence-corrected chi connectivity index (χ0v) is 17.5. The Balaban J connectivity index is 1.24. The first-order valence-corrected chi connectivity index (χ1v) is 11.2. The zero-order chi connectivity index (χ0) is 20.1. The molecule has 2 aliphatic rings. The van der Waals surface area contributed by atoms with Gasteiger partial charge in [0.2, 0.25) is 5.95 Å². The van der Waals surface area contributed by atoms with Crippen molar-refractivity contribution in [3.05, 3.63) is 47.8 Å². The van der Waals surface area contributed by atoms with Crippen molar-refractivity contribution in [2.75, 3.05) is 31.2 Å². The molecule has 0 atom stereocenters. The van der Waals surface area contributed by atoms with Crippen molar-refractivity contribution in [2.24, 2.45) is 5.92 Å².